The summed E-state index contributed by atoms with van der Waals surface area (Å²) >= 11 is 12.1. The van der Waals surface area contributed by atoms with E-state index in [0.29, 0.717) is 17.3 Å². The van der Waals surface area contributed by atoms with E-state index in [0.717, 1.165) is 11.1 Å². The Hall–Kier alpha value is -3.82. The van der Waals surface area contributed by atoms with Crippen molar-refractivity contribution in [3.63, 3.8) is 0 Å². The number of halogens is 2. The first-order valence-electron chi connectivity index (χ1n) is 10.0. The molecule has 1 N–H and O–H groups in total. The van der Waals surface area contributed by atoms with Crippen molar-refractivity contribution < 1.29 is 18.9 Å². The second-order valence-corrected chi connectivity index (χ2v) is 8.23. The molecule has 0 saturated carbocycles. The van der Waals surface area contributed by atoms with Gasteiger partial charge in [-0.05, 0) is 48.4 Å². The molecule has 0 aliphatic carbocycles. The van der Waals surface area contributed by atoms with E-state index in [2.05, 4.69) is 10.4 Å². The van der Waals surface area contributed by atoms with Gasteiger partial charge in [0.05, 0.1) is 11.5 Å². The zero-order chi connectivity index (χ0) is 24.2. The zero-order valence-corrected chi connectivity index (χ0v) is 19.3. The molecule has 2 heterocycles. The summed E-state index contributed by atoms with van der Waals surface area (Å²) in [7, 11) is 0. The molecule has 4 aromatic rings. The number of hydrogen-bond acceptors (Lipinski definition) is 6. The fourth-order valence-electron chi connectivity index (χ4n) is 3.13. The Kier molecular flexibility index (Phi) is 6.85. The van der Waals surface area contributed by atoms with Crippen molar-refractivity contribution in [2.75, 3.05) is 5.32 Å². The molecule has 11 heteroatoms. The number of rotatable bonds is 8. The van der Waals surface area contributed by atoms with E-state index in [9.17, 15) is 14.9 Å². The lowest BCUT2D eigenvalue weighted by Crippen LogP contribution is -2.12. The van der Waals surface area contributed by atoms with Gasteiger partial charge >= 0.3 is 5.69 Å². The normalized spacial score (nSPS) is 10.8. The maximum absolute atomic E-state index is 12.6. The molecular formula is C23H18Cl2N4O5. The predicted molar refractivity (Wildman–Crippen MR) is 127 cm³/mol. The predicted octanol–water partition coefficient (Wildman–Crippen LogP) is 5.88. The maximum Gasteiger partial charge on any atom is 0.311 e. The number of nitro benzene ring substituents is 1. The molecule has 0 radical (unpaired) electrons. The highest BCUT2D eigenvalue weighted by Gasteiger charge is 2.18. The van der Waals surface area contributed by atoms with Crippen LogP contribution in [0.4, 0.5) is 11.5 Å². The molecule has 0 saturated heterocycles. The highest BCUT2D eigenvalue weighted by atomic mass is 35.5. The third-order valence-corrected chi connectivity index (χ3v) is 5.30. The van der Waals surface area contributed by atoms with Crippen molar-refractivity contribution in [3.8, 4) is 5.75 Å². The van der Waals surface area contributed by atoms with Gasteiger partial charge in [-0.1, -0.05) is 41.4 Å². The number of carbonyl (C=O) groups excluding carboxylic acids is 1. The highest BCUT2D eigenvalue weighted by Crippen LogP contribution is 2.29. The molecule has 0 atom stereocenters. The van der Waals surface area contributed by atoms with E-state index in [-0.39, 0.29) is 34.6 Å². The lowest BCUT2D eigenvalue weighted by atomic mass is 10.2. The van der Waals surface area contributed by atoms with Gasteiger partial charge in [0.2, 0.25) is 0 Å². The summed E-state index contributed by atoms with van der Waals surface area (Å²) < 4.78 is 12.6. The minimum absolute atomic E-state index is 0.0142. The van der Waals surface area contributed by atoms with Gasteiger partial charge in [-0.15, -0.1) is 0 Å². The van der Waals surface area contributed by atoms with E-state index < -0.39 is 10.8 Å². The molecule has 34 heavy (non-hydrogen) atoms. The van der Waals surface area contributed by atoms with Gasteiger partial charge in [0.1, 0.15) is 17.4 Å². The van der Waals surface area contributed by atoms with Crippen LogP contribution in [0.3, 0.4) is 0 Å². The summed E-state index contributed by atoms with van der Waals surface area (Å²) in [4.78, 5) is 23.3. The van der Waals surface area contributed by atoms with Crippen LogP contribution in [0.5, 0.6) is 5.75 Å². The fraction of sp³-hybridized carbons (Fsp3) is 0.130. The SMILES string of the molecule is Cc1ccc(OCc2ccc(C(=O)Nc3nn(Cc4ccc(Cl)cc4)cc3Cl)o2)c([N+](=O)[O-])c1. The molecule has 0 bridgehead atoms. The van der Waals surface area contributed by atoms with Crippen molar-refractivity contribution >= 4 is 40.6 Å². The molecule has 0 aliphatic heterocycles. The number of ether oxygens (including phenoxy) is 1. The lowest BCUT2D eigenvalue weighted by Gasteiger charge is -2.06. The number of furan rings is 1. The van der Waals surface area contributed by atoms with Crippen molar-refractivity contribution in [2.24, 2.45) is 0 Å². The quantitative estimate of drug-likeness (QED) is 0.238. The Balaban J connectivity index is 1.39. The molecule has 9 nitrogen and oxygen atoms in total. The molecule has 4 rings (SSSR count). The first-order chi connectivity index (χ1) is 16.3. The molecule has 0 fully saturated rings. The van der Waals surface area contributed by atoms with Crippen LogP contribution >= 0.6 is 23.2 Å². The Labute approximate surface area is 204 Å². The number of anilines is 1. The molecule has 2 aromatic heterocycles. The second kappa shape index (κ2) is 9.98. The molecule has 0 spiro atoms. The number of hydrogen-bond donors (Lipinski definition) is 1. The van der Waals surface area contributed by atoms with Crippen LogP contribution in [0, 0.1) is 17.0 Å². The number of nitrogens with zero attached hydrogens (tertiary/aromatic N) is 3. The van der Waals surface area contributed by atoms with Gasteiger partial charge < -0.3 is 14.5 Å². The van der Waals surface area contributed by atoms with Gasteiger partial charge in [0.25, 0.3) is 5.91 Å². The van der Waals surface area contributed by atoms with Crippen molar-refractivity contribution in [3.05, 3.63) is 104 Å². The number of aryl methyl sites for hydroxylation is 1. The number of carbonyl (C=O) groups is 1. The average Bonchev–Trinajstić information content (AvgIpc) is 3.41. The highest BCUT2D eigenvalue weighted by molar-refractivity contribution is 6.33. The number of aromatic nitrogens is 2. The van der Waals surface area contributed by atoms with Crippen LogP contribution in [0.2, 0.25) is 10.0 Å². The molecule has 0 unspecified atom stereocenters. The topological polar surface area (TPSA) is 112 Å². The van der Waals surface area contributed by atoms with Crippen molar-refractivity contribution in [2.45, 2.75) is 20.1 Å². The van der Waals surface area contributed by atoms with E-state index in [1.807, 2.05) is 12.1 Å². The number of benzene rings is 2. The first-order valence-corrected chi connectivity index (χ1v) is 10.8. The Bertz CT molecular complexity index is 1350. The summed E-state index contributed by atoms with van der Waals surface area (Å²) in [5, 5.41) is 19.0. The van der Waals surface area contributed by atoms with Crippen LogP contribution in [-0.2, 0) is 13.2 Å². The van der Waals surface area contributed by atoms with Gasteiger partial charge in [-0.3, -0.25) is 19.6 Å². The summed E-state index contributed by atoms with van der Waals surface area (Å²) in [5.74, 6) is 0.0760. The van der Waals surface area contributed by atoms with Crippen LogP contribution in [0.25, 0.3) is 0 Å². The summed E-state index contributed by atoms with van der Waals surface area (Å²) in [5.41, 5.74) is 1.56. The average molecular weight is 501 g/mol. The first kappa shape index (κ1) is 23.3. The molecule has 0 aliphatic rings. The van der Waals surface area contributed by atoms with Crippen LogP contribution in [-0.4, -0.2) is 20.6 Å². The third-order valence-electron chi connectivity index (χ3n) is 4.77. The van der Waals surface area contributed by atoms with Crippen LogP contribution in [0.15, 0.2) is 65.2 Å². The molecule has 2 aromatic carbocycles. The maximum atomic E-state index is 12.6. The second-order valence-electron chi connectivity index (χ2n) is 7.39. The largest absolute Gasteiger partial charge is 0.479 e. The third kappa shape index (κ3) is 5.56. The Morgan fingerprint density at radius 3 is 2.68 bits per heavy atom. The standard InChI is InChI=1S/C23H18Cl2N4O5/c1-14-2-8-20(19(10-14)29(31)32)33-13-17-7-9-21(34-17)23(30)26-22-18(25)12-28(27-22)11-15-3-5-16(24)6-4-15/h2-10,12H,11,13H2,1H3,(H,26,27,30). The minimum Gasteiger partial charge on any atom is -0.479 e. The van der Waals surface area contributed by atoms with Crippen molar-refractivity contribution in [1.29, 1.82) is 0 Å². The number of amides is 1. The van der Waals surface area contributed by atoms with Crippen LogP contribution < -0.4 is 10.1 Å². The van der Waals surface area contributed by atoms with Gasteiger partial charge in [0.15, 0.2) is 17.3 Å². The minimum atomic E-state index is -0.550. The monoisotopic (exact) mass is 500 g/mol. The van der Waals surface area contributed by atoms with Gasteiger partial charge in [-0.25, -0.2) is 0 Å². The number of nitrogens with one attached hydrogen (secondary N) is 1. The summed E-state index contributed by atoms with van der Waals surface area (Å²) in [6, 6.07) is 15.0. The van der Waals surface area contributed by atoms with Gasteiger partial charge in [0, 0.05) is 17.3 Å². The zero-order valence-electron chi connectivity index (χ0n) is 17.8. The summed E-state index contributed by atoms with van der Waals surface area (Å²) in [6.07, 6.45) is 1.60. The van der Waals surface area contributed by atoms with Gasteiger partial charge in [-0.2, -0.15) is 5.10 Å². The van der Waals surface area contributed by atoms with E-state index >= 15 is 0 Å². The Morgan fingerprint density at radius 1 is 1.18 bits per heavy atom. The number of nitro groups is 1. The Morgan fingerprint density at radius 2 is 1.94 bits per heavy atom. The fourth-order valence-corrected chi connectivity index (χ4v) is 3.45. The summed E-state index contributed by atoms with van der Waals surface area (Å²) in [6.45, 7) is 2.11. The lowest BCUT2D eigenvalue weighted by molar-refractivity contribution is -0.386. The molecular weight excluding hydrogens is 483 g/mol. The van der Waals surface area contributed by atoms with E-state index in [1.165, 1.54) is 18.2 Å². The van der Waals surface area contributed by atoms with E-state index in [4.69, 9.17) is 32.4 Å². The smallest absolute Gasteiger partial charge is 0.311 e. The molecule has 174 valence electrons. The van der Waals surface area contributed by atoms with E-state index in [1.54, 1.807) is 42.1 Å². The molecule has 1 amide bonds. The van der Waals surface area contributed by atoms with Crippen LogP contribution in [0.1, 0.15) is 27.4 Å². The van der Waals surface area contributed by atoms with Crippen molar-refractivity contribution in [1.82, 2.24) is 9.78 Å².